The summed E-state index contributed by atoms with van der Waals surface area (Å²) in [6.45, 7) is 2.91. The van der Waals surface area contributed by atoms with Gasteiger partial charge in [0, 0.05) is 31.5 Å². The van der Waals surface area contributed by atoms with Gasteiger partial charge in [-0.25, -0.2) is 9.18 Å². The summed E-state index contributed by atoms with van der Waals surface area (Å²) in [4.78, 5) is 19.1. The zero-order valence-electron chi connectivity index (χ0n) is 17.3. The lowest BCUT2D eigenvalue weighted by atomic mass is 9.94. The molecule has 0 aliphatic carbocycles. The normalized spacial score (nSPS) is 16.5. The van der Waals surface area contributed by atoms with Crippen molar-refractivity contribution in [1.82, 2.24) is 20.4 Å². The van der Waals surface area contributed by atoms with Crippen molar-refractivity contribution in [3.8, 4) is 11.4 Å². The lowest BCUT2D eigenvalue weighted by Crippen LogP contribution is -2.46. The summed E-state index contributed by atoms with van der Waals surface area (Å²) in [7, 11) is 1.63. The number of nitrogens with one attached hydrogen (secondary N) is 1. The van der Waals surface area contributed by atoms with Gasteiger partial charge in [-0.15, -0.1) is 0 Å². The number of carbonyl (C=O) groups is 1. The van der Waals surface area contributed by atoms with E-state index in [4.69, 9.17) is 9.26 Å². The Labute approximate surface area is 179 Å². The summed E-state index contributed by atoms with van der Waals surface area (Å²) in [6.07, 6.45) is 0.690. The zero-order chi connectivity index (χ0) is 21.8. The maximum Gasteiger partial charge on any atom is 0.322 e. The van der Waals surface area contributed by atoms with Crippen molar-refractivity contribution in [2.75, 3.05) is 20.3 Å². The predicted molar refractivity (Wildman–Crippen MR) is 113 cm³/mol. The fourth-order valence-electron chi connectivity index (χ4n) is 3.64. The van der Waals surface area contributed by atoms with Gasteiger partial charge in [-0.05, 0) is 43.2 Å². The molecule has 1 aliphatic rings. The van der Waals surface area contributed by atoms with E-state index in [1.54, 1.807) is 24.1 Å². The maximum absolute atomic E-state index is 13.3. The molecule has 1 N–H and O–H groups in total. The molecule has 0 bridgehead atoms. The molecule has 0 radical (unpaired) electrons. The van der Waals surface area contributed by atoms with Crippen molar-refractivity contribution in [3.63, 3.8) is 0 Å². The van der Waals surface area contributed by atoms with Crippen molar-refractivity contribution in [2.24, 2.45) is 0 Å². The number of ether oxygens (including phenoxy) is 1. The van der Waals surface area contributed by atoms with Gasteiger partial charge in [0.25, 0.3) is 5.89 Å². The molecule has 1 aromatic heterocycles. The van der Waals surface area contributed by atoms with Crippen LogP contribution in [-0.2, 0) is 4.74 Å². The van der Waals surface area contributed by atoms with Crippen molar-refractivity contribution >= 4 is 11.6 Å². The number of rotatable bonds is 7. The Morgan fingerprint density at radius 1 is 1.16 bits per heavy atom. The average Bonchev–Trinajstić information content (AvgIpc) is 3.26. The highest BCUT2D eigenvalue weighted by atomic mass is 19.1. The lowest BCUT2D eigenvalue weighted by Gasteiger charge is -2.35. The van der Waals surface area contributed by atoms with E-state index in [2.05, 4.69) is 15.5 Å². The second kappa shape index (κ2) is 9.09. The van der Waals surface area contributed by atoms with Crippen LogP contribution >= 0.6 is 0 Å². The molecule has 1 unspecified atom stereocenters. The summed E-state index contributed by atoms with van der Waals surface area (Å²) in [6, 6.07) is 14.9. The van der Waals surface area contributed by atoms with Crippen LogP contribution in [0.3, 0.4) is 0 Å². The fourth-order valence-corrected chi connectivity index (χ4v) is 3.64. The van der Waals surface area contributed by atoms with Crippen LogP contribution in [0.5, 0.6) is 0 Å². The number of carbonyl (C=O) groups excluding carboxylic acids is 1. The summed E-state index contributed by atoms with van der Waals surface area (Å²) < 4.78 is 24.0. The average molecular weight is 422 g/mol. The van der Waals surface area contributed by atoms with Crippen LogP contribution in [0.15, 0.2) is 64.8 Å². The Bertz CT molecular complexity index is 1080. The summed E-state index contributed by atoms with van der Waals surface area (Å²) in [5.74, 6) is 0.323. The Morgan fingerprint density at radius 2 is 1.90 bits per heavy atom. The summed E-state index contributed by atoms with van der Waals surface area (Å²) in [5, 5.41) is 7.14. The van der Waals surface area contributed by atoms with E-state index < -0.39 is 6.04 Å². The Kier molecular flexibility index (Phi) is 6.08. The monoisotopic (exact) mass is 422 g/mol. The van der Waals surface area contributed by atoms with Crippen LogP contribution in [0.25, 0.3) is 17.0 Å². The molecule has 0 saturated carbocycles. The third kappa shape index (κ3) is 4.34. The van der Waals surface area contributed by atoms with Crippen LogP contribution in [-0.4, -0.2) is 41.3 Å². The molecular weight excluding hydrogens is 399 g/mol. The van der Waals surface area contributed by atoms with Crippen LogP contribution < -0.4 is 5.32 Å². The largest absolute Gasteiger partial charge is 0.385 e. The molecule has 7 nitrogen and oxygen atoms in total. The molecule has 0 saturated heterocycles. The fraction of sp³-hybridized carbons (Fsp3) is 0.261. The highest BCUT2D eigenvalue weighted by Gasteiger charge is 2.35. The van der Waals surface area contributed by atoms with Crippen molar-refractivity contribution < 1.29 is 18.4 Å². The van der Waals surface area contributed by atoms with Crippen LogP contribution in [0, 0.1) is 5.82 Å². The second-order valence-corrected chi connectivity index (χ2v) is 7.22. The predicted octanol–water partition coefficient (Wildman–Crippen LogP) is 4.41. The SMILES string of the molecule is COCCCN1C(=O)NC(c2ccccc2)C(c2nc(-c3ccc(F)cc3)no2)=C1C. The number of aromatic nitrogens is 2. The number of benzene rings is 2. The van der Waals surface area contributed by atoms with Crippen molar-refractivity contribution in [1.29, 1.82) is 0 Å². The van der Waals surface area contributed by atoms with Crippen LogP contribution in [0.2, 0.25) is 0 Å². The topological polar surface area (TPSA) is 80.5 Å². The number of halogens is 1. The number of nitrogens with zero attached hydrogens (tertiary/aromatic N) is 3. The molecule has 31 heavy (non-hydrogen) atoms. The number of amides is 2. The summed E-state index contributed by atoms with van der Waals surface area (Å²) >= 11 is 0. The minimum absolute atomic E-state index is 0.190. The molecule has 160 valence electrons. The first kappa shape index (κ1) is 20.7. The van der Waals surface area contributed by atoms with Gasteiger partial charge in [-0.3, -0.25) is 4.90 Å². The first-order valence-electron chi connectivity index (χ1n) is 10.0. The van der Waals surface area contributed by atoms with E-state index in [1.165, 1.54) is 12.1 Å². The highest BCUT2D eigenvalue weighted by Crippen LogP contribution is 2.37. The molecule has 2 amide bonds. The van der Waals surface area contributed by atoms with Crippen LogP contribution in [0.1, 0.15) is 30.8 Å². The minimum atomic E-state index is -0.436. The van der Waals surface area contributed by atoms with Gasteiger partial charge in [-0.2, -0.15) is 4.98 Å². The Morgan fingerprint density at radius 3 is 2.61 bits per heavy atom. The number of hydrogen-bond acceptors (Lipinski definition) is 5. The number of urea groups is 1. The summed E-state index contributed by atoms with van der Waals surface area (Å²) in [5.41, 5.74) is 3.01. The molecule has 0 fully saturated rings. The lowest BCUT2D eigenvalue weighted by molar-refractivity contribution is 0.174. The van der Waals surface area contributed by atoms with E-state index in [9.17, 15) is 9.18 Å². The second-order valence-electron chi connectivity index (χ2n) is 7.22. The van der Waals surface area contributed by atoms with Crippen molar-refractivity contribution in [3.05, 3.63) is 77.6 Å². The molecule has 2 heterocycles. The highest BCUT2D eigenvalue weighted by molar-refractivity contribution is 5.86. The van der Waals surface area contributed by atoms with Gasteiger partial charge >= 0.3 is 6.03 Å². The van der Waals surface area contributed by atoms with Crippen LogP contribution in [0.4, 0.5) is 9.18 Å². The molecule has 0 spiro atoms. The van der Waals surface area contributed by atoms with E-state index in [-0.39, 0.29) is 11.8 Å². The molecule has 3 aromatic rings. The molecule has 1 atom stereocenters. The van der Waals surface area contributed by atoms with Crippen molar-refractivity contribution in [2.45, 2.75) is 19.4 Å². The van der Waals surface area contributed by atoms with Gasteiger partial charge < -0.3 is 14.6 Å². The zero-order valence-corrected chi connectivity index (χ0v) is 17.3. The van der Waals surface area contributed by atoms with E-state index in [0.29, 0.717) is 36.9 Å². The molecular formula is C23H23FN4O3. The van der Waals surface area contributed by atoms with E-state index >= 15 is 0 Å². The van der Waals surface area contributed by atoms with Gasteiger partial charge in [0.1, 0.15) is 5.82 Å². The van der Waals surface area contributed by atoms with Gasteiger partial charge in [0.2, 0.25) is 5.82 Å². The van der Waals surface area contributed by atoms with E-state index in [0.717, 1.165) is 16.8 Å². The third-order valence-electron chi connectivity index (χ3n) is 5.22. The van der Waals surface area contributed by atoms with Gasteiger partial charge in [0.05, 0.1) is 11.6 Å². The first-order chi connectivity index (χ1) is 15.1. The number of hydrogen-bond donors (Lipinski definition) is 1. The third-order valence-corrected chi connectivity index (χ3v) is 5.22. The molecule has 4 rings (SSSR count). The molecule has 1 aliphatic heterocycles. The Balaban J connectivity index is 1.75. The molecule has 2 aromatic carbocycles. The van der Waals surface area contributed by atoms with Gasteiger partial charge in [0.15, 0.2) is 0 Å². The Hall–Kier alpha value is -3.52. The first-order valence-corrected chi connectivity index (χ1v) is 10.0. The smallest absolute Gasteiger partial charge is 0.322 e. The quantitative estimate of drug-likeness (QED) is 0.571. The number of allylic oxidation sites excluding steroid dienone is 1. The minimum Gasteiger partial charge on any atom is -0.385 e. The standard InChI is InChI=1S/C23H23FN4O3/c1-15-19(22-26-21(27-31-22)17-9-11-18(24)12-10-17)20(16-7-4-3-5-8-16)25-23(29)28(15)13-6-14-30-2/h3-5,7-12,20H,6,13-14H2,1-2H3,(H,25,29). The number of methoxy groups -OCH3 is 1. The molecule has 8 heteroatoms. The maximum atomic E-state index is 13.3. The van der Waals surface area contributed by atoms with Gasteiger partial charge in [-0.1, -0.05) is 35.5 Å². The van der Waals surface area contributed by atoms with E-state index in [1.807, 2.05) is 37.3 Å².